The molecule has 0 saturated heterocycles. The summed E-state index contributed by atoms with van der Waals surface area (Å²) in [6.07, 6.45) is 0. The Balaban J connectivity index is 1.52. The van der Waals surface area contributed by atoms with Gasteiger partial charge in [0, 0.05) is 12.2 Å². The van der Waals surface area contributed by atoms with Crippen LogP contribution in [0.2, 0.25) is 0 Å². The maximum atomic E-state index is 14.1. The van der Waals surface area contributed by atoms with Crippen molar-refractivity contribution in [2.24, 2.45) is 0 Å². The number of benzene rings is 4. The minimum Gasteiger partial charge on any atom is -0.494 e. The van der Waals surface area contributed by atoms with E-state index in [-0.39, 0.29) is 30.7 Å². The van der Waals surface area contributed by atoms with Crippen molar-refractivity contribution in [3.63, 3.8) is 0 Å². The highest BCUT2D eigenvalue weighted by atomic mass is 19.1. The number of halogens is 1. The zero-order valence-corrected chi connectivity index (χ0v) is 21.9. The second-order valence-electron chi connectivity index (χ2n) is 9.08. The van der Waals surface area contributed by atoms with E-state index in [0.29, 0.717) is 34.6 Å². The van der Waals surface area contributed by atoms with Crippen LogP contribution in [0.4, 0.5) is 10.1 Å². The molecule has 1 aromatic heterocycles. The van der Waals surface area contributed by atoms with Gasteiger partial charge >= 0.3 is 0 Å². The number of ether oxygens (including phenoxy) is 1. The number of hydrogen-bond acceptors (Lipinski definition) is 5. The molecule has 9 heteroatoms. The van der Waals surface area contributed by atoms with Gasteiger partial charge in [0.1, 0.15) is 29.7 Å². The lowest BCUT2D eigenvalue weighted by molar-refractivity contribution is -0.127. The van der Waals surface area contributed by atoms with E-state index < -0.39 is 6.04 Å². The van der Waals surface area contributed by atoms with Gasteiger partial charge in [0.15, 0.2) is 0 Å². The molecule has 0 spiro atoms. The molecule has 1 unspecified atom stereocenters. The lowest BCUT2D eigenvalue weighted by Gasteiger charge is -2.31. The highest BCUT2D eigenvalue weighted by molar-refractivity contribution is 6.01. The number of anilines is 1. The van der Waals surface area contributed by atoms with E-state index in [4.69, 9.17) is 4.74 Å². The Morgan fingerprint density at radius 1 is 0.925 bits per heavy atom. The molecule has 0 bridgehead atoms. The second-order valence-corrected chi connectivity index (χ2v) is 9.08. The van der Waals surface area contributed by atoms with Crippen molar-refractivity contribution in [3.8, 4) is 5.75 Å². The summed E-state index contributed by atoms with van der Waals surface area (Å²) in [5.74, 6) is -0.449. The largest absolute Gasteiger partial charge is 0.494 e. The first-order chi connectivity index (χ1) is 19.5. The Morgan fingerprint density at radius 3 is 2.35 bits per heavy atom. The molecule has 1 N–H and O–H groups in total. The van der Waals surface area contributed by atoms with E-state index in [2.05, 4.69) is 15.6 Å². The number of nitrogens with one attached hydrogen (secondary N) is 1. The van der Waals surface area contributed by atoms with Crippen molar-refractivity contribution >= 4 is 28.5 Å². The summed E-state index contributed by atoms with van der Waals surface area (Å²) in [6, 6.07) is 28.4. The smallest absolute Gasteiger partial charge is 0.249 e. The van der Waals surface area contributed by atoms with Gasteiger partial charge in [-0.1, -0.05) is 59.8 Å². The molecule has 202 valence electrons. The molecule has 1 heterocycles. The van der Waals surface area contributed by atoms with Gasteiger partial charge in [-0.25, -0.2) is 9.07 Å². The van der Waals surface area contributed by atoms with Crippen molar-refractivity contribution in [2.75, 3.05) is 11.5 Å². The highest BCUT2D eigenvalue weighted by Gasteiger charge is 2.33. The Kier molecular flexibility index (Phi) is 8.10. The number of carbonyl (C=O) groups is 2. The number of hydrogen-bond donors (Lipinski definition) is 1. The average molecular weight is 538 g/mol. The molecule has 5 aromatic rings. The Hall–Kier alpha value is -5.05. The lowest BCUT2D eigenvalue weighted by atomic mass is 10.0. The monoisotopic (exact) mass is 537 g/mol. The van der Waals surface area contributed by atoms with E-state index >= 15 is 0 Å². The van der Waals surface area contributed by atoms with Crippen molar-refractivity contribution < 1.29 is 18.7 Å². The number of amides is 2. The van der Waals surface area contributed by atoms with Crippen LogP contribution in [-0.4, -0.2) is 33.4 Å². The van der Waals surface area contributed by atoms with Crippen LogP contribution in [0.5, 0.6) is 5.75 Å². The standard InChI is InChI=1S/C31H28FN5O3/c1-2-40-26-18-16-25(17-19-26)37(29(38)21-36-28-11-7-6-10-27(28)34-35-36)30(23-8-4-3-5-9-23)31(39)33-20-22-12-14-24(32)15-13-22/h3-19,30H,2,20-21H2,1H3,(H,33,39). The first-order valence-electron chi connectivity index (χ1n) is 12.9. The Labute approximate surface area is 231 Å². The summed E-state index contributed by atoms with van der Waals surface area (Å²) in [5.41, 5.74) is 3.25. The summed E-state index contributed by atoms with van der Waals surface area (Å²) in [5, 5.41) is 11.3. The fraction of sp³-hybridized carbons (Fsp3) is 0.161. The van der Waals surface area contributed by atoms with Crippen LogP contribution < -0.4 is 15.0 Å². The predicted molar refractivity (Wildman–Crippen MR) is 150 cm³/mol. The van der Waals surface area contributed by atoms with Gasteiger partial charge in [0.05, 0.1) is 12.1 Å². The van der Waals surface area contributed by atoms with Crippen LogP contribution in [0.3, 0.4) is 0 Å². The molecule has 0 radical (unpaired) electrons. The van der Waals surface area contributed by atoms with Crippen LogP contribution in [0, 0.1) is 5.82 Å². The zero-order valence-electron chi connectivity index (χ0n) is 21.9. The second kappa shape index (κ2) is 12.2. The molecule has 4 aromatic carbocycles. The van der Waals surface area contributed by atoms with E-state index in [1.165, 1.54) is 21.7 Å². The van der Waals surface area contributed by atoms with Crippen LogP contribution in [-0.2, 0) is 22.7 Å². The summed E-state index contributed by atoms with van der Waals surface area (Å²) < 4.78 is 20.5. The number of fused-ring (bicyclic) bond motifs is 1. The van der Waals surface area contributed by atoms with Crippen molar-refractivity contribution in [3.05, 3.63) is 120 Å². The molecule has 0 aliphatic rings. The van der Waals surface area contributed by atoms with Gasteiger partial charge in [-0.15, -0.1) is 5.10 Å². The molecule has 40 heavy (non-hydrogen) atoms. The molecule has 5 rings (SSSR count). The van der Waals surface area contributed by atoms with Gasteiger partial charge in [-0.05, 0) is 66.6 Å². The third-order valence-electron chi connectivity index (χ3n) is 6.40. The SMILES string of the molecule is CCOc1ccc(N(C(=O)Cn2nnc3ccccc32)C(C(=O)NCc2ccc(F)cc2)c2ccccc2)cc1. The average Bonchev–Trinajstić information content (AvgIpc) is 3.39. The number of rotatable bonds is 10. The summed E-state index contributed by atoms with van der Waals surface area (Å²) in [6.45, 7) is 2.42. The molecule has 0 aliphatic carbocycles. The minimum absolute atomic E-state index is 0.137. The van der Waals surface area contributed by atoms with Gasteiger partial charge < -0.3 is 10.1 Å². The first-order valence-corrected chi connectivity index (χ1v) is 12.9. The highest BCUT2D eigenvalue weighted by Crippen LogP contribution is 2.30. The quantitative estimate of drug-likeness (QED) is 0.269. The fourth-order valence-electron chi connectivity index (χ4n) is 4.49. The van der Waals surface area contributed by atoms with Crippen LogP contribution in [0.1, 0.15) is 24.1 Å². The first kappa shape index (κ1) is 26.6. The molecule has 2 amide bonds. The number of para-hydroxylation sites is 1. The third kappa shape index (κ3) is 5.99. The topological polar surface area (TPSA) is 89.3 Å². The van der Waals surface area contributed by atoms with Gasteiger partial charge in [0.25, 0.3) is 0 Å². The van der Waals surface area contributed by atoms with E-state index in [0.717, 1.165) is 5.56 Å². The van der Waals surface area contributed by atoms with Gasteiger partial charge in [-0.2, -0.15) is 0 Å². The van der Waals surface area contributed by atoms with Crippen molar-refractivity contribution in [2.45, 2.75) is 26.1 Å². The summed E-state index contributed by atoms with van der Waals surface area (Å²) in [4.78, 5) is 29.4. The fourth-order valence-corrected chi connectivity index (χ4v) is 4.49. The van der Waals surface area contributed by atoms with Gasteiger partial charge in [0.2, 0.25) is 11.8 Å². The maximum absolute atomic E-state index is 14.1. The normalized spacial score (nSPS) is 11.7. The molecule has 0 aliphatic heterocycles. The zero-order chi connectivity index (χ0) is 27.9. The van der Waals surface area contributed by atoms with Crippen LogP contribution >= 0.6 is 0 Å². The molecular formula is C31H28FN5O3. The summed E-state index contributed by atoms with van der Waals surface area (Å²) >= 11 is 0. The van der Waals surface area contributed by atoms with E-state index in [1.54, 1.807) is 36.4 Å². The molecule has 8 nitrogen and oxygen atoms in total. The summed E-state index contributed by atoms with van der Waals surface area (Å²) in [7, 11) is 0. The number of nitrogens with zero attached hydrogens (tertiary/aromatic N) is 4. The molecule has 1 atom stereocenters. The molecule has 0 fully saturated rings. The molecular weight excluding hydrogens is 509 g/mol. The predicted octanol–water partition coefficient (Wildman–Crippen LogP) is 5.06. The lowest BCUT2D eigenvalue weighted by Crippen LogP contribution is -2.45. The Bertz CT molecular complexity index is 1590. The Morgan fingerprint density at radius 2 is 1.62 bits per heavy atom. The third-order valence-corrected chi connectivity index (χ3v) is 6.40. The minimum atomic E-state index is -0.998. The van der Waals surface area contributed by atoms with Crippen LogP contribution in [0.25, 0.3) is 11.0 Å². The van der Waals surface area contributed by atoms with E-state index in [9.17, 15) is 14.0 Å². The number of aromatic nitrogens is 3. The number of carbonyl (C=O) groups excluding carboxylic acids is 2. The van der Waals surface area contributed by atoms with Crippen molar-refractivity contribution in [1.82, 2.24) is 20.3 Å². The molecule has 0 saturated carbocycles. The maximum Gasteiger partial charge on any atom is 0.249 e. The van der Waals surface area contributed by atoms with Crippen molar-refractivity contribution in [1.29, 1.82) is 0 Å². The van der Waals surface area contributed by atoms with Gasteiger partial charge in [-0.3, -0.25) is 14.5 Å². The van der Waals surface area contributed by atoms with E-state index in [1.807, 2.05) is 61.5 Å². The van der Waals surface area contributed by atoms with Crippen LogP contribution in [0.15, 0.2) is 103 Å².